The molecule has 0 amide bonds. The largest absolute Gasteiger partial charge is 0.423 e. The monoisotopic (exact) mass is 434 g/mol. The van der Waals surface area contributed by atoms with Gasteiger partial charge in [-0.15, -0.1) is 0 Å². The second kappa shape index (κ2) is 5.52. The fourth-order valence-electron chi connectivity index (χ4n) is 1.97. The molecule has 0 saturated carbocycles. The number of rotatable bonds is 4. The Hall–Kier alpha value is -1.04. The number of hydrogen-bond acceptors (Lipinski definition) is 5. The van der Waals surface area contributed by atoms with Crippen molar-refractivity contribution in [3.05, 3.63) is 0 Å². The normalized spacial score (nSPS) is 39.8. The molecule has 2 fully saturated rings. The van der Waals surface area contributed by atoms with Gasteiger partial charge in [-0.2, -0.15) is 43.9 Å². The third-order valence-electron chi connectivity index (χ3n) is 3.30. The van der Waals surface area contributed by atoms with Gasteiger partial charge in [-0.05, 0) is 0 Å². The molecule has 5 nitrogen and oxygen atoms in total. The van der Waals surface area contributed by atoms with E-state index in [9.17, 15) is 52.7 Å². The molecule has 0 radical (unpaired) electrons. The van der Waals surface area contributed by atoms with E-state index in [0.29, 0.717) is 0 Å². The average Bonchev–Trinajstić information content (AvgIpc) is 2.82. The van der Waals surface area contributed by atoms with E-state index < -0.39 is 54.5 Å². The van der Waals surface area contributed by atoms with Gasteiger partial charge in [-0.3, -0.25) is 18.9 Å². The van der Waals surface area contributed by atoms with E-state index in [2.05, 4.69) is 18.9 Å². The highest BCUT2D eigenvalue weighted by Crippen LogP contribution is 2.63. The summed E-state index contributed by atoms with van der Waals surface area (Å²) in [5.74, 6) is -24.5. The molecule has 0 aliphatic carbocycles. The molecule has 2 aliphatic rings. The summed E-state index contributed by atoms with van der Waals surface area (Å²) in [5.41, 5.74) is 0. The summed E-state index contributed by atoms with van der Waals surface area (Å²) < 4.78 is 172. The Labute approximate surface area is 139 Å². The van der Waals surface area contributed by atoms with Crippen molar-refractivity contribution in [3.8, 4) is 0 Å². The molecule has 0 aromatic heterocycles. The fourth-order valence-corrected chi connectivity index (χ4v) is 1.97. The van der Waals surface area contributed by atoms with Crippen molar-refractivity contribution in [2.45, 2.75) is 61.4 Å². The summed E-state index contributed by atoms with van der Waals surface area (Å²) in [6, 6.07) is 0. The average molecular weight is 434 g/mol. The van der Waals surface area contributed by atoms with Crippen LogP contribution in [0.3, 0.4) is 0 Å². The number of hydrogen-bond donors (Lipinski definition) is 1. The van der Waals surface area contributed by atoms with Gasteiger partial charge in [-0.1, -0.05) is 0 Å². The predicted molar refractivity (Wildman–Crippen MR) is 52.2 cm³/mol. The first-order chi connectivity index (χ1) is 11.6. The molecule has 1 N–H and O–H groups in total. The second-order valence-electron chi connectivity index (χ2n) is 5.48. The van der Waals surface area contributed by atoms with Gasteiger partial charge in [0.25, 0.3) is 12.2 Å². The SMILES string of the molecule is CC(F)(F)C1OC(F)(F)C(F)(C(F)(F)C2(F)OC(C(O)(F)F)OC2(F)F)O1. The molecule has 2 heterocycles. The van der Waals surface area contributed by atoms with Crippen molar-refractivity contribution in [3.63, 3.8) is 0 Å². The lowest BCUT2D eigenvalue weighted by atomic mass is 10.00. The molecule has 27 heavy (non-hydrogen) atoms. The number of aliphatic hydroxyl groups is 1. The van der Waals surface area contributed by atoms with Gasteiger partial charge < -0.3 is 5.11 Å². The minimum absolute atomic E-state index is 0.297. The first-order valence-corrected chi connectivity index (χ1v) is 6.33. The molecule has 0 aromatic rings. The van der Waals surface area contributed by atoms with E-state index in [-0.39, 0.29) is 6.92 Å². The van der Waals surface area contributed by atoms with Crippen LogP contribution in [0.5, 0.6) is 0 Å². The van der Waals surface area contributed by atoms with Crippen LogP contribution < -0.4 is 0 Å². The summed E-state index contributed by atoms with van der Waals surface area (Å²) in [7, 11) is 0. The summed E-state index contributed by atoms with van der Waals surface area (Å²) in [6.07, 6.45) is -26.1. The molecule has 0 aromatic carbocycles. The van der Waals surface area contributed by atoms with Crippen molar-refractivity contribution >= 4 is 0 Å². The molecule has 0 spiro atoms. The van der Waals surface area contributed by atoms with Gasteiger partial charge in [0.2, 0.25) is 6.29 Å². The zero-order valence-electron chi connectivity index (χ0n) is 12.3. The minimum atomic E-state index is -7.01. The molecule has 17 heteroatoms. The van der Waals surface area contributed by atoms with Crippen molar-refractivity contribution in [1.82, 2.24) is 0 Å². The Morgan fingerprint density at radius 3 is 1.26 bits per heavy atom. The van der Waals surface area contributed by atoms with Crippen LogP contribution in [0, 0.1) is 0 Å². The van der Waals surface area contributed by atoms with Crippen LogP contribution >= 0.6 is 0 Å². The number of alkyl halides is 12. The molecule has 2 rings (SSSR count). The maximum atomic E-state index is 14.2. The molecule has 4 unspecified atom stereocenters. The van der Waals surface area contributed by atoms with E-state index in [0.717, 1.165) is 0 Å². The summed E-state index contributed by atoms with van der Waals surface area (Å²) in [4.78, 5) is 0. The second-order valence-corrected chi connectivity index (χ2v) is 5.48. The Morgan fingerprint density at radius 1 is 0.667 bits per heavy atom. The van der Waals surface area contributed by atoms with Crippen LogP contribution in [0.2, 0.25) is 0 Å². The van der Waals surface area contributed by atoms with Gasteiger partial charge in [0.15, 0.2) is 0 Å². The third kappa shape index (κ3) is 2.93. The zero-order valence-corrected chi connectivity index (χ0v) is 12.3. The Morgan fingerprint density at radius 2 is 1.00 bits per heavy atom. The number of halogens is 12. The third-order valence-corrected chi connectivity index (χ3v) is 3.30. The van der Waals surface area contributed by atoms with Crippen LogP contribution in [-0.4, -0.2) is 59.6 Å². The molecule has 160 valence electrons. The smallest absolute Gasteiger partial charge is 0.332 e. The molecule has 0 bridgehead atoms. The van der Waals surface area contributed by atoms with Crippen LogP contribution in [0.1, 0.15) is 6.92 Å². The highest BCUT2D eigenvalue weighted by molar-refractivity contribution is 5.09. The van der Waals surface area contributed by atoms with Gasteiger partial charge in [0, 0.05) is 6.92 Å². The van der Waals surface area contributed by atoms with E-state index in [1.54, 1.807) is 0 Å². The first-order valence-electron chi connectivity index (χ1n) is 6.33. The zero-order chi connectivity index (χ0) is 21.5. The Balaban J connectivity index is 2.53. The van der Waals surface area contributed by atoms with E-state index in [1.165, 1.54) is 0 Å². The minimum Gasteiger partial charge on any atom is -0.332 e. The molecule has 4 atom stereocenters. The lowest BCUT2D eigenvalue weighted by molar-refractivity contribution is -0.446. The summed E-state index contributed by atoms with van der Waals surface area (Å²) in [6.45, 7) is -0.297. The van der Waals surface area contributed by atoms with Crippen LogP contribution in [0.15, 0.2) is 0 Å². The standard InChI is InChI=1S/C10H6F12O5/c1-4(11,12)2-24-7(17,9(19,20)26-2)6(15,16)8(18)10(21,22)27-3(25-8)5(13,14)23/h2-3,23H,1H3. The van der Waals surface area contributed by atoms with Crippen molar-refractivity contribution < 1.29 is 76.7 Å². The van der Waals surface area contributed by atoms with Crippen molar-refractivity contribution in [1.29, 1.82) is 0 Å². The van der Waals surface area contributed by atoms with Crippen LogP contribution in [-0.2, 0) is 18.9 Å². The van der Waals surface area contributed by atoms with Crippen molar-refractivity contribution in [2.24, 2.45) is 0 Å². The van der Waals surface area contributed by atoms with E-state index in [4.69, 9.17) is 5.11 Å². The van der Waals surface area contributed by atoms with E-state index >= 15 is 0 Å². The molecule has 2 aliphatic heterocycles. The lowest BCUT2D eigenvalue weighted by Gasteiger charge is -2.38. The van der Waals surface area contributed by atoms with Crippen molar-refractivity contribution in [2.75, 3.05) is 0 Å². The molecular formula is C10H6F12O5. The fraction of sp³-hybridized carbons (Fsp3) is 1.00. The Bertz CT molecular complexity index is 552. The highest BCUT2D eigenvalue weighted by Gasteiger charge is 2.93. The maximum Gasteiger partial charge on any atom is 0.423 e. The quantitative estimate of drug-likeness (QED) is 0.690. The van der Waals surface area contributed by atoms with Gasteiger partial charge in [0.05, 0.1) is 0 Å². The van der Waals surface area contributed by atoms with Crippen LogP contribution in [0.4, 0.5) is 52.7 Å². The molecule has 2 saturated heterocycles. The molecular weight excluding hydrogens is 428 g/mol. The first kappa shape index (κ1) is 22.3. The predicted octanol–water partition coefficient (Wildman–Crippen LogP) is 3.13. The maximum absolute atomic E-state index is 14.2. The van der Waals surface area contributed by atoms with Gasteiger partial charge in [0.1, 0.15) is 0 Å². The topological polar surface area (TPSA) is 57.2 Å². The highest BCUT2D eigenvalue weighted by atomic mass is 19.3. The van der Waals surface area contributed by atoms with Gasteiger partial charge >= 0.3 is 36.0 Å². The Kier molecular flexibility index (Phi) is 4.55. The number of ether oxygens (including phenoxy) is 4. The van der Waals surface area contributed by atoms with E-state index in [1.807, 2.05) is 0 Å². The summed E-state index contributed by atoms with van der Waals surface area (Å²) in [5, 5.41) is 8.10. The van der Waals surface area contributed by atoms with Crippen LogP contribution in [0.25, 0.3) is 0 Å². The summed E-state index contributed by atoms with van der Waals surface area (Å²) >= 11 is 0. The van der Waals surface area contributed by atoms with Gasteiger partial charge in [-0.25, -0.2) is 8.78 Å². The lowest BCUT2D eigenvalue weighted by Crippen LogP contribution is -2.69.